The number of carbonyl (C=O) groups excluding carboxylic acids is 1. The van der Waals surface area contributed by atoms with Crippen molar-refractivity contribution in [3.8, 4) is 5.75 Å². The minimum atomic E-state index is -0.553. The molecule has 0 amide bonds. The fourth-order valence-electron chi connectivity index (χ4n) is 2.70. The highest BCUT2D eigenvalue weighted by molar-refractivity contribution is 5.81. The Hall–Kier alpha value is -3.27. The first-order valence-corrected chi connectivity index (χ1v) is 9.01. The number of hydrogen-bond donors (Lipinski definition) is 1. The Labute approximate surface area is 159 Å². The van der Waals surface area contributed by atoms with E-state index in [1.54, 1.807) is 6.92 Å². The van der Waals surface area contributed by atoms with Crippen LogP contribution in [0.3, 0.4) is 0 Å². The summed E-state index contributed by atoms with van der Waals surface area (Å²) in [5.74, 6) is 0.477. The van der Waals surface area contributed by atoms with Gasteiger partial charge in [-0.1, -0.05) is 60.7 Å². The molecule has 27 heavy (non-hydrogen) atoms. The van der Waals surface area contributed by atoms with Gasteiger partial charge in [-0.15, -0.1) is 0 Å². The lowest BCUT2D eigenvalue weighted by atomic mass is 10.1. The second-order valence-corrected chi connectivity index (χ2v) is 6.04. The van der Waals surface area contributed by atoms with Crippen molar-refractivity contribution >= 4 is 11.7 Å². The highest BCUT2D eigenvalue weighted by Gasteiger charge is 2.21. The number of esters is 1. The van der Waals surface area contributed by atoms with Gasteiger partial charge < -0.3 is 14.8 Å². The molecule has 1 atom stereocenters. The van der Waals surface area contributed by atoms with Crippen LogP contribution in [0.25, 0.3) is 0 Å². The van der Waals surface area contributed by atoms with Crippen LogP contribution in [-0.2, 0) is 16.1 Å². The number of anilines is 1. The van der Waals surface area contributed by atoms with Gasteiger partial charge in [0, 0.05) is 5.69 Å². The van der Waals surface area contributed by atoms with Crippen LogP contribution in [-0.4, -0.2) is 12.6 Å². The smallest absolute Gasteiger partial charge is 0.333 e. The van der Waals surface area contributed by atoms with Gasteiger partial charge in [0.2, 0.25) is 0 Å². The maximum absolute atomic E-state index is 12.4. The van der Waals surface area contributed by atoms with Gasteiger partial charge in [-0.2, -0.15) is 0 Å². The zero-order valence-electron chi connectivity index (χ0n) is 15.3. The standard InChI is InChI=1S/C23H23NO3/c1-2-26-23(25)22(19-11-7-4-8-12-19)24-20-13-15-21(16-14-20)27-17-18-9-5-3-6-10-18/h3-16,22,24H,2,17H2,1H3. The average molecular weight is 361 g/mol. The zero-order valence-corrected chi connectivity index (χ0v) is 15.3. The molecule has 3 rings (SSSR count). The summed E-state index contributed by atoms with van der Waals surface area (Å²) < 4.78 is 11.0. The molecule has 138 valence electrons. The van der Waals surface area contributed by atoms with Gasteiger partial charge in [0.25, 0.3) is 0 Å². The number of nitrogens with one attached hydrogen (secondary N) is 1. The molecule has 1 unspecified atom stereocenters. The van der Waals surface area contributed by atoms with Crippen molar-refractivity contribution in [2.45, 2.75) is 19.6 Å². The molecular weight excluding hydrogens is 338 g/mol. The second kappa shape index (κ2) is 9.43. The van der Waals surface area contributed by atoms with Gasteiger partial charge in [-0.3, -0.25) is 0 Å². The molecule has 0 aliphatic carbocycles. The molecule has 3 aromatic rings. The molecule has 0 radical (unpaired) electrons. The number of benzene rings is 3. The quantitative estimate of drug-likeness (QED) is 0.575. The summed E-state index contributed by atoms with van der Waals surface area (Å²) in [6, 6.07) is 26.6. The first-order chi connectivity index (χ1) is 13.3. The molecule has 4 heteroatoms. The predicted octanol–water partition coefficient (Wildman–Crippen LogP) is 4.98. The summed E-state index contributed by atoms with van der Waals surface area (Å²) in [5, 5.41) is 3.25. The van der Waals surface area contributed by atoms with Crippen molar-refractivity contribution in [3.05, 3.63) is 96.1 Å². The SMILES string of the molecule is CCOC(=O)C(Nc1ccc(OCc2ccccc2)cc1)c1ccccc1. The molecule has 1 N–H and O–H groups in total. The van der Waals surface area contributed by atoms with E-state index in [9.17, 15) is 4.79 Å². The number of rotatable bonds is 8. The minimum absolute atomic E-state index is 0.298. The Morgan fingerprint density at radius 1 is 0.889 bits per heavy atom. The van der Waals surface area contributed by atoms with Crippen LogP contribution >= 0.6 is 0 Å². The number of hydrogen-bond acceptors (Lipinski definition) is 4. The number of carbonyl (C=O) groups is 1. The maximum Gasteiger partial charge on any atom is 0.333 e. The van der Waals surface area contributed by atoms with Crippen molar-refractivity contribution < 1.29 is 14.3 Å². The summed E-state index contributed by atoms with van der Waals surface area (Å²) in [5.41, 5.74) is 2.80. The van der Waals surface area contributed by atoms with E-state index in [0.717, 1.165) is 22.6 Å². The molecule has 0 spiro atoms. The average Bonchev–Trinajstić information content (AvgIpc) is 2.73. The van der Waals surface area contributed by atoms with Gasteiger partial charge in [-0.25, -0.2) is 4.79 Å². The lowest BCUT2D eigenvalue weighted by Gasteiger charge is -2.19. The summed E-state index contributed by atoms with van der Waals surface area (Å²) >= 11 is 0. The van der Waals surface area contributed by atoms with Crippen molar-refractivity contribution in [2.24, 2.45) is 0 Å². The molecule has 0 fully saturated rings. The highest BCUT2D eigenvalue weighted by atomic mass is 16.5. The van der Waals surface area contributed by atoms with E-state index in [1.165, 1.54) is 0 Å². The van der Waals surface area contributed by atoms with Gasteiger partial charge in [0.15, 0.2) is 6.04 Å². The van der Waals surface area contributed by atoms with E-state index in [1.807, 2.05) is 84.9 Å². The van der Waals surface area contributed by atoms with Crippen molar-refractivity contribution in [3.63, 3.8) is 0 Å². The third kappa shape index (κ3) is 5.35. The highest BCUT2D eigenvalue weighted by Crippen LogP contribution is 2.23. The lowest BCUT2D eigenvalue weighted by Crippen LogP contribution is -2.23. The van der Waals surface area contributed by atoms with Crippen LogP contribution in [0.4, 0.5) is 5.69 Å². The van der Waals surface area contributed by atoms with Crippen LogP contribution in [0.15, 0.2) is 84.9 Å². The van der Waals surface area contributed by atoms with E-state index in [2.05, 4.69) is 5.32 Å². The summed E-state index contributed by atoms with van der Waals surface area (Å²) in [7, 11) is 0. The Kier molecular flexibility index (Phi) is 6.47. The fraction of sp³-hybridized carbons (Fsp3) is 0.174. The Morgan fingerprint density at radius 2 is 1.52 bits per heavy atom. The molecule has 3 aromatic carbocycles. The first-order valence-electron chi connectivity index (χ1n) is 9.01. The van der Waals surface area contributed by atoms with Crippen molar-refractivity contribution in [1.29, 1.82) is 0 Å². The fourth-order valence-corrected chi connectivity index (χ4v) is 2.70. The Morgan fingerprint density at radius 3 is 2.15 bits per heavy atom. The van der Waals surface area contributed by atoms with E-state index in [0.29, 0.717) is 13.2 Å². The summed E-state index contributed by atoms with van der Waals surface area (Å²) in [4.78, 5) is 12.4. The maximum atomic E-state index is 12.4. The molecule has 0 aliphatic heterocycles. The second-order valence-electron chi connectivity index (χ2n) is 6.04. The molecule has 0 heterocycles. The van der Waals surface area contributed by atoms with E-state index < -0.39 is 6.04 Å². The van der Waals surface area contributed by atoms with Gasteiger partial charge in [0.1, 0.15) is 12.4 Å². The van der Waals surface area contributed by atoms with Crippen LogP contribution in [0, 0.1) is 0 Å². The van der Waals surface area contributed by atoms with Gasteiger partial charge in [-0.05, 0) is 42.3 Å². The van der Waals surface area contributed by atoms with E-state index >= 15 is 0 Å². The molecule has 4 nitrogen and oxygen atoms in total. The third-order valence-corrected chi connectivity index (χ3v) is 4.07. The predicted molar refractivity (Wildman–Crippen MR) is 107 cm³/mol. The van der Waals surface area contributed by atoms with E-state index in [-0.39, 0.29) is 5.97 Å². The molecule has 0 saturated heterocycles. The molecular formula is C23H23NO3. The van der Waals surface area contributed by atoms with Crippen LogP contribution in [0.2, 0.25) is 0 Å². The Bertz CT molecular complexity index is 833. The largest absolute Gasteiger partial charge is 0.489 e. The normalized spacial score (nSPS) is 11.4. The minimum Gasteiger partial charge on any atom is -0.489 e. The zero-order chi connectivity index (χ0) is 18.9. The van der Waals surface area contributed by atoms with Crippen LogP contribution < -0.4 is 10.1 Å². The van der Waals surface area contributed by atoms with Crippen molar-refractivity contribution in [2.75, 3.05) is 11.9 Å². The van der Waals surface area contributed by atoms with Crippen LogP contribution in [0.1, 0.15) is 24.1 Å². The lowest BCUT2D eigenvalue weighted by molar-refractivity contribution is -0.144. The summed E-state index contributed by atoms with van der Waals surface area (Å²) in [6.07, 6.45) is 0. The van der Waals surface area contributed by atoms with Gasteiger partial charge >= 0.3 is 5.97 Å². The topological polar surface area (TPSA) is 47.6 Å². The first kappa shape index (κ1) is 18.5. The monoisotopic (exact) mass is 361 g/mol. The third-order valence-electron chi connectivity index (χ3n) is 4.07. The molecule has 0 aliphatic rings. The summed E-state index contributed by atoms with van der Waals surface area (Å²) in [6.45, 7) is 2.66. The Balaban J connectivity index is 1.66. The number of ether oxygens (including phenoxy) is 2. The molecule has 0 saturated carbocycles. The van der Waals surface area contributed by atoms with Gasteiger partial charge in [0.05, 0.1) is 6.61 Å². The van der Waals surface area contributed by atoms with E-state index in [4.69, 9.17) is 9.47 Å². The molecule has 0 aromatic heterocycles. The van der Waals surface area contributed by atoms with Crippen LogP contribution in [0.5, 0.6) is 5.75 Å². The van der Waals surface area contributed by atoms with Crippen molar-refractivity contribution in [1.82, 2.24) is 0 Å². The molecule has 0 bridgehead atoms.